The molecule has 0 aliphatic carbocycles. The van der Waals surface area contributed by atoms with Crippen molar-refractivity contribution in [3.8, 4) is 29.4 Å². The number of ether oxygens (including phenoxy) is 1. The molecule has 4 aliphatic heterocycles. The third-order valence-electron chi connectivity index (χ3n) is 13.1. The fourth-order valence-corrected chi connectivity index (χ4v) is 10.4. The number of nitrogens with zero attached hydrogens (tertiary/aromatic N) is 2. The first-order valence-electron chi connectivity index (χ1n) is 22.2. The Balaban J connectivity index is 1.01. The Bertz CT molecular complexity index is 2840. The number of carbonyl (C=O) groups is 5. The number of benzene rings is 4. The van der Waals surface area contributed by atoms with Crippen molar-refractivity contribution in [1.82, 2.24) is 20.4 Å². The molecule has 1 spiro atoms. The molecular weight excluding hydrogens is 895 g/mol. The Morgan fingerprint density at radius 2 is 1.81 bits per heavy atom. The molecule has 5 amide bonds. The van der Waals surface area contributed by atoms with Gasteiger partial charge in [0.2, 0.25) is 17.7 Å². The highest BCUT2D eigenvalue weighted by molar-refractivity contribution is 6.31. The molecular formula is C52H51Cl2FN6O6. The summed E-state index contributed by atoms with van der Waals surface area (Å²) in [5.74, 6) is 8.77. The summed E-state index contributed by atoms with van der Waals surface area (Å²) in [5, 5.41) is 13.0. The number of amides is 5. The zero-order valence-electron chi connectivity index (χ0n) is 38.0. The molecule has 0 bridgehead atoms. The van der Waals surface area contributed by atoms with Crippen LogP contribution in [0.15, 0.2) is 72.8 Å². The van der Waals surface area contributed by atoms with Crippen LogP contribution in [0.3, 0.4) is 0 Å². The Hall–Kier alpha value is -6.38. The molecule has 4 aromatic carbocycles. The van der Waals surface area contributed by atoms with Gasteiger partial charge in [-0.05, 0) is 109 Å². The van der Waals surface area contributed by atoms with Crippen molar-refractivity contribution in [2.45, 2.75) is 95.9 Å². The standard InChI is InChI=1S/C52H51Cl2FN6O6/c1-29(2)60(23-9-7-8-12-30-13-10-14-33-35(30)27-61(50(33)66)40-21-22-43(62)59-47(40)63)49(65)31-17-20-38(41(24-31)67-6)57-48(64)46-44(34-15-11-16-37(54)45(34)55)52(42(58-46)26-51(3,4)5)28-56-39-25-32(53)18-19-36(39)52/h10-11,13-20,24-25,29,40,42,44,46,56,58H,21-23,26-28H2,1-6H3,(H,57,64)(H,59,62,63)/t40?,42-,44-,46+,52-/m0/s1. The number of hydrogen-bond donors (Lipinski definition) is 4. The highest BCUT2D eigenvalue weighted by atomic mass is 35.5. The number of nitrogens with one attached hydrogen (secondary N) is 4. The molecule has 12 nitrogen and oxygen atoms in total. The highest BCUT2D eigenvalue weighted by Crippen LogP contribution is 2.56. The molecule has 4 aromatic rings. The molecule has 346 valence electrons. The van der Waals surface area contributed by atoms with E-state index >= 15 is 4.39 Å². The maximum Gasteiger partial charge on any atom is 0.255 e. The van der Waals surface area contributed by atoms with Gasteiger partial charge in [-0.2, -0.15) is 0 Å². The average molecular weight is 946 g/mol. The van der Waals surface area contributed by atoms with E-state index in [9.17, 15) is 24.0 Å². The van der Waals surface area contributed by atoms with Crippen LogP contribution in [0.4, 0.5) is 15.8 Å². The number of imide groups is 1. The van der Waals surface area contributed by atoms with Crippen molar-refractivity contribution in [3.05, 3.63) is 122 Å². The van der Waals surface area contributed by atoms with Crippen LogP contribution in [0.25, 0.3) is 0 Å². The van der Waals surface area contributed by atoms with Crippen LogP contribution < -0.4 is 26.0 Å². The normalized spacial score (nSPS) is 21.7. The smallest absolute Gasteiger partial charge is 0.255 e. The number of piperidine rings is 1. The molecule has 4 heterocycles. The molecule has 2 fully saturated rings. The van der Waals surface area contributed by atoms with E-state index in [1.165, 1.54) is 18.1 Å². The van der Waals surface area contributed by atoms with Crippen molar-refractivity contribution in [1.29, 1.82) is 0 Å². The lowest BCUT2D eigenvalue weighted by atomic mass is 9.63. The number of fused-ring (bicyclic) bond motifs is 3. The number of methoxy groups -OCH3 is 1. The first-order chi connectivity index (χ1) is 31.9. The summed E-state index contributed by atoms with van der Waals surface area (Å²) in [4.78, 5) is 69.3. The van der Waals surface area contributed by atoms with Crippen molar-refractivity contribution < 1.29 is 33.1 Å². The second kappa shape index (κ2) is 18.7. The molecule has 67 heavy (non-hydrogen) atoms. The van der Waals surface area contributed by atoms with E-state index in [2.05, 4.69) is 65.7 Å². The van der Waals surface area contributed by atoms with Gasteiger partial charge in [0, 0.05) is 70.3 Å². The minimum absolute atomic E-state index is 0.0416. The Morgan fingerprint density at radius 3 is 2.54 bits per heavy atom. The van der Waals surface area contributed by atoms with Crippen LogP contribution in [0, 0.1) is 34.9 Å². The summed E-state index contributed by atoms with van der Waals surface area (Å²) in [7, 11) is 1.45. The summed E-state index contributed by atoms with van der Waals surface area (Å²) in [6.07, 6.45) is 1.07. The third-order valence-corrected chi connectivity index (χ3v) is 13.7. The molecule has 2 saturated heterocycles. The van der Waals surface area contributed by atoms with Gasteiger partial charge in [-0.15, -0.1) is 0 Å². The largest absolute Gasteiger partial charge is 0.495 e. The zero-order valence-corrected chi connectivity index (χ0v) is 39.5. The van der Waals surface area contributed by atoms with E-state index in [0.717, 1.165) is 11.3 Å². The second-order valence-corrected chi connectivity index (χ2v) is 19.7. The van der Waals surface area contributed by atoms with E-state index in [-0.39, 0.29) is 71.9 Å². The number of anilines is 2. The maximum absolute atomic E-state index is 16.3. The monoisotopic (exact) mass is 944 g/mol. The minimum atomic E-state index is -0.925. The van der Waals surface area contributed by atoms with E-state index in [4.69, 9.17) is 27.9 Å². The van der Waals surface area contributed by atoms with Crippen LogP contribution in [0.2, 0.25) is 10.0 Å². The Kier molecular flexibility index (Phi) is 13.2. The van der Waals surface area contributed by atoms with Crippen molar-refractivity contribution in [2.24, 2.45) is 5.41 Å². The van der Waals surface area contributed by atoms with Crippen LogP contribution in [0.1, 0.15) is 103 Å². The van der Waals surface area contributed by atoms with E-state index < -0.39 is 41.0 Å². The summed E-state index contributed by atoms with van der Waals surface area (Å²) < 4.78 is 22.1. The van der Waals surface area contributed by atoms with Gasteiger partial charge in [0.05, 0.1) is 30.4 Å². The molecule has 15 heteroatoms. The van der Waals surface area contributed by atoms with Crippen LogP contribution in [-0.4, -0.2) is 83.7 Å². The fourth-order valence-electron chi connectivity index (χ4n) is 10.0. The maximum atomic E-state index is 16.3. The van der Waals surface area contributed by atoms with Crippen LogP contribution in [0.5, 0.6) is 5.75 Å². The van der Waals surface area contributed by atoms with Gasteiger partial charge >= 0.3 is 0 Å². The molecule has 5 atom stereocenters. The van der Waals surface area contributed by atoms with E-state index in [1.807, 2.05) is 32.0 Å². The number of halogens is 3. The predicted octanol–water partition coefficient (Wildman–Crippen LogP) is 7.67. The van der Waals surface area contributed by atoms with Gasteiger partial charge in [-0.3, -0.25) is 29.3 Å². The fraction of sp³-hybridized carbons (Fsp3) is 0.365. The van der Waals surface area contributed by atoms with Gasteiger partial charge in [0.25, 0.3) is 11.8 Å². The molecule has 4 N–H and O–H groups in total. The summed E-state index contributed by atoms with van der Waals surface area (Å²) >= 11 is 12.9. The number of rotatable bonds is 9. The number of carbonyl (C=O) groups excluding carboxylic acids is 5. The quantitative estimate of drug-likeness (QED) is 0.0988. The van der Waals surface area contributed by atoms with E-state index in [0.29, 0.717) is 51.5 Å². The molecule has 4 aliphatic rings. The van der Waals surface area contributed by atoms with Gasteiger partial charge in [-0.25, -0.2) is 4.39 Å². The van der Waals surface area contributed by atoms with Crippen molar-refractivity contribution >= 4 is 64.1 Å². The zero-order chi connectivity index (χ0) is 47.9. The molecule has 0 saturated carbocycles. The van der Waals surface area contributed by atoms with Crippen molar-refractivity contribution in [2.75, 3.05) is 30.8 Å². The Labute approximate surface area is 399 Å². The summed E-state index contributed by atoms with van der Waals surface area (Å²) in [6, 6.07) is 18.3. The van der Waals surface area contributed by atoms with Crippen LogP contribution in [-0.2, 0) is 26.3 Å². The summed E-state index contributed by atoms with van der Waals surface area (Å²) in [5.41, 5.74) is 3.48. The van der Waals surface area contributed by atoms with Crippen molar-refractivity contribution in [3.63, 3.8) is 0 Å². The van der Waals surface area contributed by atoms with Gasteiger partial charge in [0.1, 0.15) is 17.6 Å². The lowest BCUT2D eigenvalue weighted by molar-refractivity contribution is -0.137. The number of hydrogen-bond acceptors (Lipinski definition) is 8. The van der Waals surface area contributed by atoms with Gasteiger partial charge in [-0.1, -0.05) is 80.1 Å². The lowest BCUT2D eigenvalue weighted by Gasteiger charge is -2.39. The summed E-state index contributed by atoms with van der Waals surface area (Å²) in [6.45, 7) is 10.8. The minimum Gasteiger partial charge on any atom is -0.495 e. The molecule has 0 aromatic heterocycles. The molecule has 1 unspecified atom stereocenters. The van der Waals surface area contributed by atoms with Gasteiger partial charge < -0.3 is 30.5 Å². The molecule has 8 rings (SSSR count). The van der Waals surface area contributed by atoms with E-state index in [1.54, 1.807) is 53.4 Å². The average Bonchev–Trinajstić information content (AvgIpc) is 3.93. The first kappa shape index (κ1) is 47.1. The second-order valence-electron chi connectivity index (χ2n) is 18.9. The third kappa shape index (κ3) is 9.08. The molecule has 0 radical (unpaired) electrons. The Morgan fingerprint density at radius 1 is 1.03 bits per heavy atom. The lowest BCUT2D eigenvalue weighted by Crippen LogP contribution is -2.52. The topological polar surface area (TPSA) is 149 Å². The van der Waals surface area contributed by atoms with Crippen LogP contribution >= 0.6 is 23.2 Å². The SMILES string of the molecule is COc1cc(C(=O)N(CC#CC#Cc2cccc3c2CN(C2CCC(=O)NC2=O)C3=O)C(C)C)ccc1NC(=O)[C@@H]1N[C@@H](CC(C)(C)C)[C@@]2(CNc3cc(Cl)ccc32)[C@H]1c1cccc(Cl)c1F. The first-order valence-corrected chi connectivity index (χ1v) is 23.0. The highest BCUT2D eigenvalue weighted by Gasteiger charge is 2.61. The predicted molar refractivity (Wildman–Crippen MR) is 255 cm³/mol. The van der Waals surface area contributed by atoms with Gasteiger partial charge in [0.15, 0.2) is 0 Å².